The van der Waals surface area contributed by atoms with Crippen molar-refractivity contribution in [3.8, 4) is 0 Å². The fourth-order valence-corrected chi connectivity index (χ4v) is 3.68. The number of halogens is 1. The Morgan fingerprint density at radius 3 is 2.08 bits per heavy atom. The summed E-state index contributed by atoms with van der Waals surface area (Å²) in [6.45, 7) is 3.25. The molecule has 0 bridgehead atoms. The van der Waals surface area contributed by atoms with Gasteiger partial charge in [-0.3, -0.25) is 14.4 Å². The van der Waals surface area contributed by atoms with Crippen LogP contribution < -0.4 is 16.0 Å². The normalized spacial score (nSPS) is 10.2. The predicted octanol–water partition coefficient (Wildman–Crippen LogP) is 3.40. The van der Waals surface area contributed by atoms with E-state index in [9.17, 15) is 14.4 Å². The number of hydrogen-bond acceptors (Lipinski definition) is 4. The van der Waals surface area contributed by atoms with Gasteiger partial charge in [-0.05, 0) is 52.7 Å². The summed E-state index contributed by atoms with van der Waals surface area (Å²) in [5.41, 5.74) is 1.26. The third-order valence-electron chi connectivity index (χ3n) is 3.12. The smallest absolute Gasteiger partial charge is 0.251 e. The van der Waals surface area contributed by atoms with Gasteiger partial charge in [-0.2, -0.15) is 0 Å². The van der Waals surface area contributed by atoms with Crippen LogP contribution in [0, 0.1) is 0 Å². The minimum atomic E-state index is -0.269. The molecule has 1 heterocycles. The average Bonchev–Trinajstić information content (AvgIpc) is 2.91. The number of carbonyl (C=O) groups excluding carboxylic acids is 3. The summed E-state index contributed by atoms with van der Waals surface area (Å²) >= 11 is 5.03. The molecule has 1 aromatic carbocycles. The summed E-state index contributed by atoms with van der Waals surface area (Å²) in [6, 6.07) is 8.72. The van der Waals surface area contributed by atoms with Crippen molar-refractivity contribution in [2.24, 2.45) is 0 Å². The van der Waals surface area contributed by atoms with E-state index < -0.39 is 0 Å². The van der Waals surface area contributed by atoms with Gasteiger partial charge in [0.25, 0.3) is 5.91 Å². The SMILES string of the molecule is CC(=O)Nc1cc(NC(C)=O)cc(C(=O)NCCc2ccc(Br)s2)c1. The van der Waals surface area contributed by atoms with Gasteiger partial charge in [-0.25, -0.2) is 0 Å². The molecule has 0 unspecified atom stereocenters. The van der Waals surface area contributed by atoms with Crippen molar-refractivity contribution in [1.82, 2.24) is 5.32 Å². The Kier molecular flexibility index (Phi) is 6.72. The molecule has 1 aromatic heterocycles. The molecule has 0 aliphatic heterocycles. The largest absolute Gasteiger partial charge is 0.352 e. The molecule has 0 atom stereocenters. The zero-order valence-corrected chi connectivity index (χ0v) is 16.2. The second-order valence-corrected chi connectivity index (χ2v) is 7.92. The number of nitrogens with one attached hydrogen (secondary N) is 3. The van der Waals surface area contributed by atoms with Crippen molar-refractivity contribution in [3.63, 3.8) is 0 Å². The van der Waals surface area contributed by atoms with Gasteiger partial charge in [-0.15, -0.1) is 11.3 Å². The number of anilines is 2. The average molecular weight is 424 g/mol. The lowest BCUT2D eigenvalue weighted by molar-refractivity contribution is -0.115. The molecule has 0 aliphatic rings. The molecule has 3 amide bonds. The highest BCUT2D eigenvalue weighted by Gasteiger charge is 2.10. The van der Waals surface area contributed by atoms with Gasteiger partial charge < -0.3 is 16.0 Å². The van der Waals surface area contributed by atoms with Crippen LogP contribution in [0.25, 0.3) is 0 Å². The summed E-state index contributed by atoms with van der Waals surface area (Å²) in [6.07, 6.45) is 0.728. The van der Waals surface area contributed by atoms with E-state index in [-0.39, 0.29) is 17.7 Å². The van der Waals surface area contributed by atoms with Crippen LogP contribution in [0.2, 0.25) is 0 Å². The first-order chi connectivity index (χ1) is 11.8. The van der Waals surface area contributed by atoms with Gasteiger partial charge >= 0.3 is 0 Å². The molecule has 25 heavy (non-hydrogen) atoms. The molecule has 8 heteroatoms. The quantitative estimate of drug-likeness (QED) is 0.664. The van der Waals surface area contributed by atoms with E-state index >= 15 is 0 Å². The van der Waals surface area contributed by atoms with Crippen LogP contribution in [0.3, 0.4) is 0 Å². The Labute approximate surface area is 158 Å². The Morgan fingerprint density at radius 1 is 1.00 bits per heavy atom. The van der Waals surface area contributed by atoms with E-state index in [1.807, 2.05) is 12.1 Å². The molecule has 2 aromatic rings. The monoisotopic (exact) mass is 423 g/mol. The molecule has 2 rings (SSSR count). The van der Waals surface area contributed by atoms with E-state index in [0.29, 0.717) is 23.5 Å². The number of amides is 3. The number of rotatable bonds is 6. The highest BCUT2D eigenvalue weighted by atomic mass is 79.9. The number of thiophene rings is 1. The van der Waals surface area contributed by atoms with E-state index in [0.717, 1.165) is 15.1 Å². The molecular formula is C17H18BrN3O3S. The summed E-state index contributed by atoms with van der Waals surface area (Å²) in [7, 11) is 0. The first-order valence-corrected chi connectivity index (χ1v) is 9.17. The highest BCUT2D eigenvalue weighted by molar-refractivity contribution is 9.11. The molecule has 6 nitrogen and oxygen atoms in total. The van der Waals surface area contributed by atoms with Crippen molar-refractivity contribution in [2.45, 2.75) is 20.3 Å². The Bertz CT molecular complexity index is 770. The Morgan fingerprint density at radius 2 is 1.60 bits per heavy atom. The van der Waals surface area contributed by atoms with Gasteiger partial charge in [0.15, 0.2) is 0 Å². The molecule has 0 saturated carbocycles. The maximum absolute atomic E-state index is 12.4. The van der Waals surface area contributed by atoms with Crippen LogP contribution in [0.5, 0.6) is 0 Å². The summed E-state index contributed by atoms with van der Waals surface area (Å²) in [4.78, 5) is 36.1. The molecule has 3 N–H and O–H groups in total. The molecule has 0 saturated heterocycles. The van der Waals surface area contributed by atoms with Gasteiger partial charge in [0.05, 0.1) is 3.79 Å². The second-order valence-electron chi connectivity index (χ2n) is 5.37. The third kappa shape index (κ3) is 6.32. The summed E-state index contributed by atoms with van der Waals surface area (Å²) in [5, 5.41) is 8.09. The van der Waals surface area contributed by atoms with E-state index in [2.05, 4.69) is 31.9 Å². The lowest BCUT2D eigenvalue weighted by Crippen LogP contribution is -2.26. The van der Waals surface area contributed by atoms with Crippen LogP contribution in [-0.2, 0) is 16.0 Å². The molecule has 0 fully saturated rings. The predicted molar refractivity (Wildman–Crippen MR) is 103 cm³/mol. The van der Waals surface area contributed by atoms with Gasteiger partial charge in [0, 0.05) is 42.2 Å². The zero-order chi connectivity index (χ0) is 18.4. The van der Waals surface area contributed by atoms with Crippen LogP contribution >= 0.6 is 27.3 Å². The Hall–Kier alpha value is -2.19. The van der Waals surface area contributed by atoms with Crippen molar-refractivity contribution >= 4 is 56.4 Å². The molecular weight excluding hydrogens is 406 g/mol. The molecule has 132 valence electrons. The van der Waals surface area contributed by atoms with Crippen molar-refractivity contribution in [1.29, 1.82) is 0 Å². The third-order valence-corrected chi connectivity index (χ3v) is 4.81. The lowest BCUT2D eigenvalue weighted by Gasteiger charge is -2.11. The summed E-state index contributed by atoms with van der Waals surface area (Å²) in [5.74, 6) is -0.779. The standard InChI is InChI=1S/C17H18BrN3O3S/c1-10(22)20-13-7-12(8-14(9-13)21-11(2)23)17(24)19-6-5-15-3-4-16(18)25-15/h3-4,7-9H,5-6H2,1-2H3,(H,19,24)(H,20,22)(H,21,23). The maximum atomic E-state index is 12.4. The maximum Gasteiger partial charge on any atom is 0.251 e. The lowest BCUT2D eigenvalue weighted by atomic mass is 10.1. The summed E-state index contributed by atoms with van der Waals surface area (Å²) < 4.78 is 1.05. The van der Waals surface area contributed by atoms with Gasteiger partial charge in [0.2, 0.25) is 11.8 Å². The van der Waals surface area contributed by atoms with Crippen molar-refractivity contribution in [3.05, 3.63) is 44.6 Å². The second kappa shape index (κ2) is 8.77. The van der Waals surface area contributed by atoms with Crippen LogP contribution in [0.4, 0.5) is 11.4 Å². The number of benzene rings is 1. The fourth-order valence-electron chi connectivity index (χ4n) is 2.20. The van der Waals surface area contributed by atoms with Gasteiger partial charge in [0.1, 0.15) is 0 Å². The molecule has 0 radical (unpaired) electrons. The van der Waals surface area contributed by atoms with Crippen LogP contribution in [0.15, 0.2) is 34.1 Å². The van der Waals surface area contributed by atoms with Crippen LogP contribution in [-0.4, -0.2) is 24.3 Å². The minimum Gasteiger partial charge on any atom is -0.352 e. The fraction of sp³-hybridized carbons (Fsp3) is 0.235. The zero-order valence-electron chi connectivity index (χ0n) is 13.8. The van der Waals surface area contributed by atoms with E-state index in [4.69, 9.17) is 0 Å². The van der Waals surface area contributed by atoms with Crippen LogP contribution in [0.1, 0.15) is 29.1 Å². The first kappa shape index (κ1) is 19.1. The topological polar surface area (TPSA) is 87.3 Å². The van der Waals surface area contributed by atoms with Gasteiger partial charge in [-0.1, -0.05) is 0 Å². The van der Waals surface area contributed by atoms with E-state index in [1.165, 1.54) is 13.8 Å². The van der Waals surface area contributed by atoms with Crippen molar-refractivity contribution in [2.75, 3.05) is 17.2 Å². The first-order valence-electron chi connectivity index (χ1n) is 7.56. The minimum absolute atomic E-state index is 0.255. The Balaban J connectivity index is 2.07. The number of carbonyl (C=O) groups is 3. The van der Waals surface area contributed by atoms with E-state index in [1.54, 1.807) is 29.5 Å². The molecule has 0 aliphatic carbocycles. The van der Waals surface area contributed by atoms with Crippen molar-refractivity contribution < 1.29 is 14.4 Å². The number of hydrogen-bond donors (Lipinski definition) is 3. The highest BCUT2D eigenvalue weighted by Crippen LogP contribution is 2.22. The molecule has 0 spiro atoms.